The smallest absolute Gasteiger partial charge is 0.253 e. The summed E-state index contributed by atoms with van der Waals surface area (Å²) in [5.74, 6) is -0.0695. The lowest BCUT2D eigenvalue weighted by Gasteiger charge is -2.35. The number of hydrogen-bond donors (Lipinski definition) is 0. The van der Waals surface area contributed by atoms with Crippen LogP contribution in [0.3, 0.4) is 0 Å². The van der Waals surface area contributed by atoms with E-state index in [1.807, 2.05) is 68.8 Å². The molecule has 2 heterocycles. The van der Waals surface area contributed by atoms with Gasteiger partial charge in [-0.3, -0.25) is 4.79 Å². The number of imidazole rings is 1. The highest BCUT2D eigenvalue weighted by Gasteiger charge is 2.33. The third-order valence-electron chi connectivity index (χ3n) is 6.55. The summed E-state index contributed by atoms with van der Waals surface area (Å²) < 4.78 is 30.4. The molecule has 4 rings (SSSR count). The first-order chi connectivity index (χ1) is 15.7. The van der Waals surface area contributed by atoms with Crippen LogP contribution in [0.15, 0.2) is 53.9 Å². The number of benzene rings is 2. The van der Waals surface area contributed by atoms with Crippen LogP contribution in [-0.2, 0) is 16.6 Å². The van der Waals surface area contributed by atoms with Gasteiger partial charge < -0.3 is 9.47 Å². The molecule has 1 aromatic heterocycles. The van der Waals surface area contributed by atoms with Crippen molar-refractivity contribution in [1.29, 1.82) is 0 Å². The van der Waals surface area contributed by atoms with E-state index in [0.717, 1.165) is 27.8 Å². The maximum absolute atomic E-state index is 13.5. The molecule has 1 saturated heterocycles. The monoisotopic (exact) mass is 466 g/mol. The van der Waals surface area contributed by atoms with E-state index in [9.17, 15) is 13.2 Å². The average Bonchev–Trinajstić information content (AvgIpc) is 3.31. The van der Waals surface area contributed by atoms with Gasteiger partial charge in [-0.1, -0.05) is 18.2 Å². The summed E-state index contributed by atoms with van der Waals surface area (Å²) in [6, 6.07) is 9.58. The molecule has 1 fully saturated rings. The highest BCUT2D eigenvalue weighted by molar-refractivity contribution is 7.89. The summed E-state index contributed by atoms with van der Waals surface area (Å²) >= 11 is 0. The van der Waals surface area contributed by atoms with Gasteiger partial charge in [0.2, 0.25) is 10.0 Å². The lowest BCUT2D eigenvalue weighted by Crippen LogP contribution is -2.50. The van der Waals surface area contributed by atoms with Crippen LogP contribution in [0.4, 0.5) is 0 Å². The quantitative estimate of drug-likeness (QED) is 0.578. The van der Waals surface area contributed by atoms with E-state index in [2.05, 4.69) is 4.98 Å². The van der Waals surface area contributed by atoms with Crippen molar-refractivity contribution in [3.63, 3.8) is 0 Å². The zero-order chi connectivity index (χ0) is 23.8. The van der Waals surface area contributed by atoms with E-state index < -0.39 is 10.0 Å². The molecular formula is C25H30N4O3S. The predicted octanol–water partition coefficient (Wildman–Crippen LogP) is 3.31. The minimum Gasteiger partial charge on any atom is -0.336 e. The second kappa shape index (κ2) is 9.11. The number of sulfonamides is 1. The van der Waals surface area contributed by atoms with Crippen molar-refractivity contribution in [2.45, 2.75) is 39.1 Å². The van der Waals surface area contributed by atoms with E-state index in [1.165, 1.54) is 4.31 Å². The molecule has 0 spiro atoms. The molecular weight excluding hydrogens is 436 g/mol. The molecule has 33 heavy (non-hydrogen) atoms. The normalized spacial score (nSPS) is 15.1. The Kier molecular flexibility index (Phi) is 6.41. The summed E-state index contributed by atoms with van der Waals surface area (Å²) in [4.78, 5) is 19.2. The molecule has 1 amide bonds. The fourth-order valence-electron chi connectivity index (χ4n) is 4.35. The van der Waals surface area contributed by atoms with Crippen molar-refractivity contribution in [2.24, 2.45) is 0 Å². The number of nitrogens with zero attached hydrogens (tertiary/aromatic N) is 4. The third kappa shape index (κ3) is 4.58. The topological polar surface area (TPSA) is 75.5 Å². The SMILES string of the molecule is Cc1cc(C)c(C)c(S(=O)(=O)N2CCN(C(=O)c3ccc(Cn4ccnc4)cc3)CC2)c1C. The molecule has 3 aromatic rings. The van der Waals surface area contributed by atoms with Crippen LogP contribution in [0.5, 0.6) is 0 Å². The number of aryl methyl sites for hydroxylation is 2. The number of piperazine rings is 1. The van der Waals surface area contributed by atoms with Gasteiger partial charge in [0.15, 0.2) is 0 Å². The first-order valence-electron chi connectivity index (χ1n) is 11.1. The molecule has 0 unspecified atom stereocenters. The largest absolute Gasteiger partial charge is 0.336 e. The number of amides is 1. The van der Waals surface area contributed by atoms with Crippen LogP contribution in [0, 0.1) is 27.7 Å². The molecule has 0 atom stereocenters. The number of aromatic nitrogens is 2. The van der Waals surface area contributed by atoms with E-state index in [0.29, 0.717) is 43.2 Å². The average molecular weight is 467 g/mol. The van der Waals surface area contributed by atoms with Crippen molar-refractivity contribution in [2.75, 3.05) is 26.2 Å². The summed E-state index contributed by atoms with van der Waals surface area (Å²) in [6.45, 7) is 9.64. The fourth-order valence-corrected chi connectivity index (χ4v) is 6.35. The Labute approximate surface area is 195 Å². The molecule has 0 N–H and O–H groups in total. The van der Waals surface area contributed by atoms with Crippen LogP contribution in [0.2, 0.25) is 0 Å². The summed E-state index contributed by atoms with van der Waals surface area (Å²) in [6.07, 6.45) is 5.39. The minimum atomic E-state index is -3.62. The summed E-state index contributed by atoms with van der Waals surface area (Å²) in [7, 11) is -3.62. The highest BCUT2D eigenvalue weighted by Crippen LogP contribution is 2.29. The fraction of sp³-hybridized carbons (Fsp3) is 0.360. The number of carbonyl (C=O) groups is 1. The molecule has 1 aliphatic rings. The van der Waals surface area contributed by atoms with Gasteiger partial charge in [0.25, 0.3) is 5.91 Å². The van der Waals surface area contributed by atoms with Gasteiger partial charge in [-0.15, -0.1) is 0 Å². The van der Waals surface area contributed by atoms with Crippen molar-refractivity contribution < 1.29 is 13.2 Å². The summed E-state index contributed by atoms with van der Waals surface area (Å²) in [5, 5.41) is 0. The minimum absolute atomic E-state index is 0.0695. The maximum atomic E-state index is 13.5. The van der Waals surface area contributed by atoms with Crippen molar-refractivity contribution in [3.8, 4) is 0 Å². The van der Waals surface area contributed by atoms with Gasteiger partial charge >= 0.3 is 0 Å². The first-order valence-corrected chi connectivity index (χ1v) is 12.5. The Morgan fingerprint density at radius 2 is 1.55 bits per heavy atom. The Balaban J connectivity index is 1.44. The Hall–Kier alpha value is -2.97. The van der Waals surface area contributed by atoms with Crippen molar-refractivity contribution in [1.82, 2.24) is 18.8 Å². The zero-order valence-electron chi connectivity index (χ0n) is 19.6. The maximum Gasteiger partial charge on any atom is 0.253 e. The van der Waals surface area contributed by atoms with Gasteiger partial charge in [0.1, 0.15) is 0 Å². The molecule has 7 nitrogen and oxygen atoms in total. The molecule has 0 saturated carbocycles. The Bertz CT molecular complexity index is 1230. The number of rotatable bonds is 5. The Morgan fingerprint density at radius 3 is 2.09 bits per heavy atom. The van der Waals surface area contributed by atoms with E-state index in [1.54, 1.807) is 17.4 Å². The second-order valence-electron chi connectivity index (χ2n) is 8.72. The molecule has 2 aromatic carbocycles. The third-order valence-corrected chi connectivity index (χ3v) is 8.72. The molecule has 1 aliphatic heterocycles. The highest BCUT2D eigenvalue weighted by atomic mass is 32.2. The predicted molar refractivity (Wildman–Crippen MR) is 128 cm³/mol. The molecule has 0 aliphatic carbocycles. The van der Waals surface area contributed by atoms with Crippen LogP contribution in [-0.4, -0.2) is 59.3 Å². The number of hydrogen-bond acceptors (Lipinski definition) is 4. The van der Waals surface area contributed by atoms with E-state index >= 15 is 0 Å². The van der Waals surface area contributed by atoms with Crippen molar-refractivity contribution >= 4 is 15.9 Å². The first kappa shape index (κ1) is 23.2. The van der Waals surface area contributed by atoms with Gasteiger partial charge in [0.05, 0.1) is 11.2 Å². The van der Waals surface area contributed by atoms with Crippen LogP contribution < -0.4 is 0 Å². The molecule has 0 radical (unpaired) electrons. The standard InChI is InChI=1S/C25H30N4O3S/c1-18-15-19(2)21(4)24(20(18)3)33(31,32)29-13-11-28(12-14-29)25(30)23-7-5-22(6-8-23)16-27-10-9-26-17-27/h5-10,15,17H,11-14,16H2,1-4H3. The lowest BCUT2D eigenvalue weighted by molar-refractivity contribution is 0.0698. The molecule has 174 valence electrons. The summed E-state index contributed by atoms with van der Waals surface area (Å²) in [5.41, 5.74) is 5.24. The van der Waals surface area contributed by atoms with Gasteiger partial charge in [-0.2, -0.15) is 4.31 Å². The lowest BCUT2D eigenvalue weighted by atomic mass is 10.0. The van der Waals surface area contributed by atoms with Crippen LogP contribution in [0.25, 0.3) is 0 Å². The van der Waals surface area contributed by atoms with Gasteiger partial charge in [-0.05, 0) is 67.6 Å². The molecule has 8 heteroatoms. The van der Waals surface area contributed by atoms with E-state index in [4.69, 9.17) is 0 Å². The Morgan fingerprint density at radius 1 is 0.939 bits per heavy atom. The van der Waals surface area contributed by atoms with Gasteiger partial charge in [-0.25, -0.2) is 13.4 Å². The number of carbonyl (C=O) groups excluding carboxylic acids is 1. The molecule has 0 bridgehead atoms. The van der Waals surface area contributed by atoms with Gasteiger partial charge in [0, 0.05) is 50.7 Å². The van der Waals surface area contributed by atoms with Crippen LogP contribution in [0.1, 0.15) is 38.2 Å². The van der Waals surface area contributed by atoms with E-state index in [-0.39, 0.29) is 5.91 Å². The second-order valence-corrected chi connectivity index (χ2v) is 10.6. The van der Waals surface area contributed by atoms with Crippen molar-refractivity contribution in [3.05, 3.63) is 82.4 Å². The zero-order valence-corrected chi connectivity index (χ0v) is 20.4. The van der Waals surface area contributed by atoms with Crippen LogP contribution >= 0.6 is 0 Å².